The van der Waals surface area contributed by atoms with Gasteiger partial charge in [-0.05, 0) is 37.4 Å². The first-order valence-electron chi connectivity index (χ1n) is 5.85. The quantitative estimate of drug-likeness (QED) is 0.779. The van der Waals surface area contributed by atoms with Crippen LogP contribution >= 0.6 is 0 Å². The summed E-state index contributed by atoms with van der Waals surface area (Å²) in [6, 6.07) is 4.46. The van der Waals surface area contributed by atoms with Crippen molar-refractivity contribution >= 4 is 0 Å². The molecule has 15 heavy (non-hydrogen) atoms. The highest BCUT2D eigenvalue weighted by molar-refractivity contribution is 4.99. The second kappa shape index (κ2) is 5.96. The van der Waals surface area contributed by atoms with E-state index in [1.165, 1.54) is 0 Å². The summed E-state index contributed by atoms with van der Waals surface area (Å²) in [5, 5.41) is 3.54. The highest BCUT2D eigenvalue weighted by atomic mass is 16.3. The molecule has 0 aliphatic carbocycles. The van der Waals surface area contributed by atoms with E-state index in [-0.39, 0.29) is 0 Å². The van der Waals surface area contributed by atoms with Gasteiger partial charge in [-0.1, -0.05) is 20.8 Å². The van der Waals surface area contributed by atoms with Gasteiger partial charge in [0.15, 0.2) is 0 Å². The number of hydrogen-bond acceptors (Lipinski definition) is 2. The van der Waals surface area contributed by atoms with Crippen molar-refractivity contribution in [1.29, 1.82) is 0 Å². The molecule has 2 nitrogen and oxygen atoms in total. The van der Waals surface area contributed by atoms with Crippen molar-refractivity contribution in [3.8, 4) is 0 Å². The van der Waals surface area contributed by atoms with Crippen molar-refractivity contribution in [2.75, 3.05) is 6.54 Å². The van der Waals surface area contributed by atoms with Crippen molar-refractivity contribution in [1.82, 2.24) is 5.32 Å². The van der Waals surface area contributed by atoms with Gasteiger partial charge in [0.2, 0.25) is 0 Å². The third-order valence-electron chi connectivity index (χ3n) is 3.01. The SMILES string of the molecule is CC(Cc1ccco1)NCC(C)C(C)C. The molecule has 2 heteroatoms. The van der Waals surface area contributed by atoms with Gasteiger partial charge in [-0.2, -0.15) is 0 Å². The molecule has 2 unspecified atom stereocenters. The molecule has 0 amide bonds. The van der Waals surface area contributed by atoms with Crippen LogP contribution in [0.4, 0.5) is 0 Å². The Morgan fingerprint density at radius 2 is 2.00 bits per heavy atom. The highest BCUT2D eigenvalue weighted by Gasteiger charge is 2.10. The Balaban J connectivity index is 2.22. The molecule has 1 N–H and O–H groups in total. The van der Waals surface area contributed by atoms with E-state index in [0.29, 0.717) is 6.04 Å². The van der Waals surface area contributed by atoms with E-state index in [4.69, 9.17) is 4.42 Å². The van der Waals surface area contributed by atoms with Crippen LogP contribution in [0, 0.1) is 11.8 Å². The summed E-state index contributed by atoms with van der Waals surface area (Å²) < 4.78 is 5.32. The van der Waals surface area contributed by atoms with Crippen LogP contribution in [0.3, 0.4) is 0 Å². The minimum absolute atomic E-state index is 0.484. The fraction of sp³-hybridized carbons (Fsp3) is 0.692. The molecule has 0 aliphatic rings. The summed E-state index contributed by atoms with van der Waals surface area (Å²) >= 11 is 0. The van der Waals surface area contributed by atoms with Crippen LogP contribution in [0.15, 0.2) is 22.8 Å². The number of hydrogen-bond donors (Lipinski definition) is 1. The first-order chi connectivity index (χ1) is 7.09. The maximum Gasteiger partial charge on any atom is 0.105 e. The van der Waals surface area contributed by atoms with E-state index >= 15 is 0 Å². The number of furan rings is 1. The molecule has 2 atom stereocenters. The Bertz CT molecular complexity index is 254. The molecule has 1 rings (SSSR count). The molecule has 0 bridgehead atoms. The average Bonchev–Trinajstić information content (AvgIpc) is 2.66. The average molecular weight is 209 g/mol. The van der Waals surface area contributed by atoms with E-state index in [9.17, 15) is 0 Å². The predicted octanol–water partition coefficient (Wildman–Crippen LogP) is 3.09. The van der Waals surface area contributed by atoms with Crippen LogP contribution in [0.5, 0.6) is 0 Å². The van der Waals surface area contributed by atoms with Gasteiger partial charge in [0.25, 0.3) is 0 Å². The third-order valence-corrected chi connectivity index (χ3v) is 3.01. The number of nitrogens with one attached hydrogen (secondary N) is 1. The molecule has 0 saturated carbocycles. The smallest absolute Gasteiger partial charge is 0.105 e. The van der Waals surface area contributed by atoms with Crippen molar-refractivity contribution in [2.24, 2.45) is 11.8 Å². The molecule has 0 spiro atoms. The Kier molecular flexibility index (Phi) is 4.89. The van der Waals surface area contributed by atoms with Crippen LogP contribution in [0.2, 0.25) is 0 Å². The zero-order chi connectivity index (χ0) is 11.3. The summed E-state index contributed by atoms with van der Waals surface area (Å²) in [6.45, 7) is 10.1. The molecule has 0 fully saturated rings. The number of rotatable bonds is 6. The fourth-order valence-corrected chi connectivity index (χ4v) is 1.43. The largest absolute Gasteiger partial charge is 0.469 e. The van der Waals surface area contributed by atoms with E-state index in [0.717, 1.165) is 30.6 Å². The van der Waals surface area contributed by atoms with Gasteiger partial charge in [0.1, 0.15) is 5.76 Å². The monoisotopic (exact) mass is 209 g/mol. The van der Waals surface area contributed by atoms with Crippen molar-refractivity contribution in [3.63, 3.8) is 0 Å². The van der Waals surface area contributed by atoms with E-state index < -0.39 is 0 Å². The van der Waals surface area contributed by atoms with Crippen LogP contribution in [-0.2, 0) is 6.42 Å². The summed E-state index contributed by atoms with van der Waals surface area (Å²) in [5.74, 6) is 2.53. The first-order valence-corrected chi connectivity index (χ1v) is 5.85. The lowest BCUT2D eigenvalue weighted by Gasteiger charge is -2.19. The lowest BCUT2D eigenvalue weighted by atomic mass is 9.98. The van der Waals surface area contributed by atoms with Gasteiger partial charge in [0.05, 0.1) is 6.26 Å². The molecule has 0 aromatic carbocycles. The molecule has 0 saturated heterocycles. The molecule has 1 aromatic rings. The summed E-state index contributed by atoms with van der Waals surface area (Å²) in [5.41, 5.74) is 0. The molecular formula is C13H23NO. The van der Waals surface area contributed by atoms with Crippen molar-refractivity contribution in [3.05, 3.63) is 24.2 Å². The normalized spacial score (nSPS) is 15.5. The Labute approximate surface area is 93.1 Å². The van der Waals surface area contributed by atoms with Gasteiger partial charge in [-0.3, -0.25) is 0 Å². The second-order valence-corrected chi connectivity index (χ2v) is 4.81. The Morgan fingerprint density at radius 1 is 1.27 bits per heavy atom. The summed E-state index contributed by atoms with van der Waals surface area (Å²) in [4.78, 5) is 0. The molecular weight excluding hydrogens is 186 g/mol. The van der Waals surface area contributed by atoms with Crippen LogP contribution in [-0.4, -0.2) is 12.6 Å². The maximum absolute atomic E-state index is 5.32. The van der Waals surface area contributed by atoms with Gasteiger partial charge in [-0.15, -0.1) is 0 Å². The maximum atomic E-state index is 5.32. The van der Waals surface area contributed by atoms with Crippen LogP contribution in [0.1, 0.15) is 33.5 Å². The standard InChI is InChI=1S/C13H23NO/c1-10(2)11(3)9-14-12(4)8-13-6-5-7-15-13/h5-7,10-12,14H,8-9H2,1-4H3. The second-order valence-electron chi connectivity index (χ2n) is 4.81. The lowest BCUT2D eigenvalue weighted by Crippen LogP contribution is -2.33. The fourth-order valence-electron chi connectivity index (χ4n) is 1.43. The molecule has 86 valence electrons. The molecule has 0 radical (unpaired) electrons. The minimum atomic E-state index is 0.484. The lowest BCUT2D eigenvalue weighted by molar-refractivity contribution is 0.364. The predicted molar refractivity (Wildman–Crippen MR) is 63.9 cm³/mol. The van der Waals surface area contributed by atoms with Gasteiger partial charge >= 0.3 is 0 Å². The van der Waals surface area contributed by atoms with E-state index in [1.807, 2.05) is 12.1 Å². The first kappa shape index (κ1) is 12.3. The van der Waals surface area contributed by atoms with Crippen molar-refractivity contribution in [2.45, 2.75) is 40.2 Å². The molecule has 0 aliphatic heterocycles. The van der Waals surface area contributed by atoms with Crippen LogP contribution < -0.4 is 5.32 Å². The Morgan fingerprint density at radius 3 is 2.53 bits per heavy atom. The van der Waals surface area contributed by atoms with E-state index in [2.05, 4.69) is 33.0 Å². The van der Waals surface area contributed by atoms with Gasteiger partial charge in [-0.25, -0.2) is 0 Å². The molecule has 1 aromatic heterocycles. The van der Waals surface area contributed by atoms with Crippen LogP contribution in [0.25, 0.3) is 0 Å². The zero-order valence-electron chi connectivity index (χ0n) is 10.3. The van der Waals surface area contributed by atoms with Gasteiger partial charge in [0, 0.05) is 12.5 Å². The van der Waals surface area contributed by atoms with E-state index in [1.54, 1.807) is 6.26 Å². The highest BCUT2D eigenvalue weighted by Crippen LogP contribution is 2.09. The molecule has 1 heterocycles. The summed E-state index contributed by atoms with van der Waals surface area (Å²) in [7, 11) is 0. The minimum Gasteiger partial charge on any atom is -0.469 e. The van der Waals surface area contributed by atoms with Gasteiger partial charge < -0.3 is 9.73 Å². The summed E-state index contributed by atoms with van der Waals surface area (Å²) in [6.07, 6.45) is 2.70. The topological polar surface area (TPSA) is 25.2 Å². The zero-order valence-corrected chi connectivity index (χ0v) is 10.3. The third kappa shape index (κ3) is 4.52. The van der Waals surface area contributed by atoms with Crippen molar-refractivity contribution < 1.29 is 4.42 Å². The Hall–Kier alpha value is -0.760.